The van der Waals surface area contributed by atoms with Crippen molar-refractivity contribution in [3.63, 3.8) is 0 Å². The standard InChI is InChI=1S/C33H26F2N6O7/c1-45-28-17-23-25(18-29(28)46-2)36-12-10-26(23)47-27-9-6-21(16-24(27)35)38-32(43)48-30-19-39(14-15-40-13-3-11-37-40)33(44)41(31(30)42)22-7-4-20(34)5-8-22/h3-13,16-19H,14-15H2,1-2H3,(H,38,43). The summed E-state index contributed by atoms with van der Waals surface area (Å²) in [6.07, 6.45) is 4.71. The molecule has 3 aromatic carbocycles. The number of aryl methyl sites for hydroxylation is 2. The smallest absolute Gasteiger partial charge is 0.417 e. The summed E-state index contributed by atoms with van der Waals surface area (Å²) in [5.41, 5.74) is -1.14. The lowest BCUT2D eigenvalue weighted by Gasteiger charge is -2.14. The fourth-order valence-electron chi connectivity index (χ4n) is 4.83. The van der Waals surface area contributed by atoms with Crippen LogP contribution in [0.1, 0.15) is 0 Å². The third kappa shape index (κ3) is 6.55. The van der Waals surface area contributed by atoms with Crippen LogP contribution in [0.5, 0.6) is 28.7 Å². The first-order chi connectivity index (χ1) is 23.2. The lowest BCUT2D eigenvalue weighted by atomic mass is 10.2. The van der Waals surface area contributed by atoms with Gasteiger partial charge in [-0.25, -0.2) is 22.9 Å². The fraction of sp³-hybridized carbons (Fsp3) is 0.121. The predicted octanol–water partition coefficient (Wildman–Crippen LogP) is 5.14. The second-order valence-electron chi connectivity index (χ2n) is 10.2. The van der Waals surface area contributed by atoms with E-state index in [-0.39, 0.29) is 30.2 Å². The van der Waals surface area contributed by atoms with Gasteiger partial charge in [0.25, 0.3) is 0 Å². The van der Waals surface area contributed by atoms with Crippen LogP contribution in [-0.4, -0.2) is 44.2 Å². The molecule has 1 N–H and O–H groups in total. The number of hydrogen-bond donors (Lipinski definition) is 1. The van der Waals surface area contributed by atoms with Crippen molar-refractivity contribution in [2.24, 2.45) is 0 Å². The van der Waals surface area contributed by atoms with Crippen LogP contribution in [0.25, 0.3) is 16.6 Å². The number of rotatable bonds is 10. The minimum absolute atomic E-state index is 0.0123. The summed E-state index contributed by atoms with van der Waals surface area (Å²) < 4.78 is 54.1. The molecule has 244 valence electrons. The molecule has 13 nitrogen and oxygen atoms in total. The highest BCUT2D eigenvalue weighted by molar-refractivity contribution is 5.88. The summed E-state index contributed by atoms with van der Waals surface area (Å²) >= 11 is 0. The van der Waals surface area contributed by atoms with Crippen molar-refractivity contribution in [2.45, 2.75) is 13.1 Å². The van der Waals surface area contributed by atoms with E-state index in [9.17, 15) is 18.8 Å². The van der Waals surface area contributed by atoms with Gasteiger partial charge in [-0.1, -0.05) is 0 Å². The monoisotopic (exact) mass is 656 g/mol. The fourth-order valence-corrected chi connectivity index (χ4v) is 4.83. The molecule has 0 aliphatic carbocycles. The summed E-state index contributed by atoms with van der Waals surface area (Å²) in [6, 6.07) is 14.9. The van der Waals surface area contributed by atoms with Crippen molar-refractivity contribution in [2.75, 3.05) is 19.5 Å². The van der Waals surface area contributed by atoms with E-state index in [0.717, 1.165) is 33.5 Å². The number of ether oxygens (including phenoxy) is 4. The van der Waals surface area contributed by atoms with E-state index < -0.39 is 34.7 Å². The highest BCUT2D eigenvalue weighted by Crippen LogP contribution is 2.37. The molecule has 0 aliphatic rings. The zero-order chi connectivity index (χ0) is 33.8. The number of amides is 1. The predicted molar refractivity (Wildman–Crippen MR) is 169 cm³/mol. The van der Waals surface area contributed by atoms with Crippen molar-refractivity contribution < 1.29 is 32.5 Å². The van der Waals surface area contributed by atoms with E-state index in [0.29, 0.717) is 28.2 Å². The van der Waals surface area contributed by atoms with Crippen molar-refractivity contribution in [3.8, 4) is 34.4 Å². The first-order valence-electron chi connectivity index (χ1n) is 14.3. The number of aromatic nitrogens is 5. The Hall–Kier alpha value is -6.51. The second-order valence-corrected chi connectivity index (χ2v) is 10.2. The lowest BCUT2D eigenvalue weighted by molar-refractivity contribution is 0.213. The Morgan fingerprint density at radius 1 is 0.854 bits per heavy atom. The summed E-state index contributed by atoms with van der Waals surface area (Å²) in [4.78, 5) is 43.8. The topological polar surface area (TPSA) is 141 Å². The van der Waals surface area contributed by atoms with Gasteiger partial charge in [0.1, 0.15) is 11.6 Å². The normalized spacial score (nSPS) is 10.9. The van der Waals surface area contributed by atoms with Crippen LogP contribution in [0.2, 0.25) is 0 Å². The third-order valence-electron chi connectivity index (χ3n) is 7.15. The van der Waals surface area contributed by atoms with E-state index in [4.69, 9.17) is 18.9 Å². The van der Waals surface area contributed by atoms with Gasteiger partial charge in [0, 0.05) is 48.3 Å². The molecular weight excluding hydrogens is 630 g/mol. The van der Waals surface area contributed by atoms with Crippen LogP contribution in [0.4, 0.5) is 19.3 Å². The first kappa shape index (κ1) is 31.5. The highest BCUT2D eigenvalue weighted by Gasteiger charge is 2.19. The molecule has 0 radical (unpaired) electrons. The molecule has 48 heavy (non-hydrogen) atoms. The van der Waals surface area contributed by atoms with Gasteiger partial charge < -0.3 is 18.9 Å². The molecule has 6 rings (SSSR count). The van der Waals surface area contributed by atoms with Gasteiger partial charge >= 0.3 is 17.3 Å². The van der Waals surface area contributed by atoms with E-state index in [2.05, 4.69) is 15.4 Å². The molecule has 6 aromatic rings. The number of carbonyl (C=O) groups is 1. The molecule has 0 atom stereocenters. The summed E-state index contributed by atoms with van der Waals surface area (Å²) in [5.74, 6) is -0.860. The van der Waals surface area contributed by atoms with Gasteiger partial charge in [0.2, 0.25) is 5.75 Å². The van der Waals surface area contributed by atoms with Crippen molar-refractivity contribution in [1.29, 1.82) is 0 Å². The average Bonchev–Trinajstić information content (AvgIpc) is 3.61. The number of benzene rings is 3. The Balaban J connectivity index is 1.23. The molecule has 0 bridgehead atoms. The van der Waals surface area contributed by atoms with Crippen molar-refractivity contribution in [1.82, 2.24) is 23.9 Å². The third-order valence-corrected chi connectivity index (χ3v) is 7.15. The Bertz CT molecular complexity index is 2240. The van der Waals surface area contributed by atoms with E-state index in [1.165, 1.54) is 44.7 Å². The molecule has 15 heteroatoms. The van der Waals surface area contributed by atoms with E-state index in [1.54, 1.807) is 41.3 Å². The average molecular weight is 657 g/mol. The quantitative estimate of drug-likeness (QED) is 0.212. The van der Waals surface area contributed by atoms with E-state index >= 15 is 4.39 Å². The number of carbonyl (C=O) groups excluding carboxylic acids is 1. The molecule has 3 heterocycles. The minimum Gasteiger partial charge on any atom is -0.493 e. The number of anilines is 1. The van der Waals surface area contributed by atoms with Crippen LogP contribution in [0.15, 0.2) is 101 Å². The Labute approximate surface area is 270 Å². The molecule has 1 amide bonds. The molecule has 0 spiro atoms. The van der Waals surface area contributed by atoms with Crippen LogP contribution in [0.3, 0.4) is 0 Å². The van der Waals surface area contributed by atoms with Crippen LogP contribution < -0.4 is 35.5 Å². The number of pyridine rings is 1. The van der Waals surface area contributed by atoms with Gasteiger partial charge in [-0.15, -0.1) is 0 Å². The van der Waals surface area contributed by atoms with E-state index in [1.807, 2.05) is 0 Å². The van der Waals surface area contributed by atoms with Crippen molar-refractivity contribution >= 4 is 22.7 Å². The molecule has 3 aromatic heterocycles. The number of methoxy groups -OCH3 is 2. The Morgan fingerprint density at radius 2 is 1.62 bits per heavy atom. The summed E-state index contributed by atoms with van der Waals surface area (Å²) in [6.45, 7) is 0.310. The summed E-state index contributed by atoms with van der Waals surface area (Å²) in [7, 11) is 2.98. The molecule has 0 fully saturated rings. The number of hydrogen-bond acceptors (Lipinski definition) is 9. The maximum Gasteiger partial charge on any atom is 0.417 e. The summed E-state index contributed by atoms with van der Waals surface area (Å²) in [5, 5.41) is 7.00. The van der Waals surface area contributed by atoms with Gasteiger partial charge in [0.15, 0.2) is 23.1 Å². The van der Waals surface area contributed by atoms with Gasteiger partial charge in [-0.3, -0.25) is 24.3 Å². The molecule has 0 saturated heterocycles. The number of fused-ring (bicyclic) bond motifs is 1. The number of nitrogens with one attached hydrogen (secondary N) is 1. The van der Waals surface area contributed by atoms with Gasteiger partial charge in [-0.05, 0) is 54.6 Å². The largest absolute Gasteiger partial charge is 0.493 e. The molecule has 0 unspecified atom stereocenters. The maximum atomic E-state index is 15.2. The number of halogens is 2. The minimum atomic E-state index is -1.13. The van der Waals surface area contributed by atoms with Crippen molar-refractivity contribution in [3.05, 3.63) is 124 Å². The Kier molecular flexibility index (Phi) is 8.83. The SMILES string of the molecule is COc1cc2nccc(Oc3ccc(NC(=O)Oc4cn(CCn5cccn5)c(=O)n(-c5ccc(F)cc5)c4=O)cc3F)c2cc1OC. The van der Waals surface area contributed by atoms with Gasteiger partial charge in [0.05, 0.1) is 38.2 Å². The zero-order valence-corrected chi connectivity index (χ0v) is 25.4. The zero-order valence-electron chi connectivity index (χ0n) is 25.4. The van der Waals surface area contributed by atoms with Crippen LogP contribution in [0, 0.1) is 11.6 Å². The molecule has 0 saturated carbocycles. The van der Waals surface area contributed by atoms with Gasteiger partial charge in [-0.2, -0.15) is 5.10 Å². The maximum absolute atomic E-state index is 15.2. The van der Waals surface area contributed by atoms with Crippen LogP contribution >= 0.6 is 0 Å². The number of nitrogens with zero attached hydrogens (tertiary/aromatic N) is 5. The van der Waals surface area contributed by atoms with Crippen LogP contribution in [-0.2, 0) is 13.1 Å². The second kappa shape index (κ2) is 13.5. The first-order valence-corrected chi connectivity index (χ1v) is 14.3. The Morgan fingerprint density at radius 3 is 2.33 bits per heavy atom. The molecular formula is C33H26F2N6O7. The lowest BCUT2D eigenvalue weighted by Crippen LogP contribution is -2.40. The highest BCUT2D eigenvalue weighted by atomic mass is 19.1. The molecule has 0 aliphatic heterocycles.